The number of anilines is 1. The van der Waals surface area contributed by atoms with Crippen LogP contribution in [0.15, 0.2) is 59.5 Å². The highest BCUT2D eigenvalue weighted by Crippen LogP contribution is 2.30. The molecule has 24 heavy (non-hydrogen) atoms. The molecule has 0 fully saturated rings. The largest absolute Gasteiger partial charge is 0.301 e. The van der Waals surface area contributed by atoms with E-state index in [2.05, 4.69) is 10.3 Å². The number of carbonyl (C=O) groups excluding carboxylic acids is 1. The maximum absolute atomic E-state index is 12.1. The van der Waals surface area contributed by atoms with Crippen molar-refractivity contribution in [2.75, 3.05) is 11.1 Å². The lowest BCUT2D eigenvalue weighted by Crippen LogP contribution is -2.13. The third-order valence-corrected chi connectivity index (χ3v) is 5.42. The zero-order valence-electron chi connectivity index (χ0n) is 13.0. The maximum atomic E-state index is 12.1. The minimum Gasteiger partial charge on any atom is -0.301 e. The summed E-state index contributed by atoms with van der Waals surface area (Å²) < 4.78 is 0. The molecule has 1 aromatic heterocycles. The molecule has 0 aliphatic carbocycles. The Kier molecular flexibility index (Phi) is 5.56. The van der Waals surface area contributed by atoms with Gasteiger partial charge in [-0.25, -0.2) is 4.98 Å². The molecule has 3 aromatic rings. The van der Waals surface area contributed by atoms with Crippen LogP contribution in [0.5, 0.6) is 0 Å². The second-order valence-electron chi connectivity index (χ2n) is 5.08. The molecule has 122 valence electrons. The normalized spacial score (nSPS) is 10.6. The van der Waals surface area contributed by atoms with E-state index in [-0.39, 0.29) is 5.91 Å². The molecule has 0 unspecified atom stereocenters. The predicted molar refractivity (Wildman–Crippen MR) is 103 cm³/mol. The van der Waals surface area contributed by atoms with Gasteiger partial charge in [0.25, 0.3) is 0 Å². The molecule has 0 atom stereocenters. The summed E-state index contributed by atoms with van der Waals surface area (Å²) in [6.07, 6.45) is 0. The first-order valence-corrected chi connectivity index (χ1v) is 9.51. The predicted octanol–water partition coefficient (Wildman–Crippen LogP) is 5.50. The van der Waals surface area contributed by atoms with Gasteiger partial charge < -0.3 is 5.32 Å². The average Bonchev–Trinajstić information content (AvgIpc) is 2.95. The molecule has 0 aliphatic rings. The van der Waals surface area contributed by atoms with Crippen molar-refractivity contribution in [3.8, 4) is 11.3 Å². The Hall–Kier alpha value is -1.82. The molecule has 1 N–H and O–H groups in total. The molecule has 0 saturated heterocycles. The van der Waals surface area contributed by atoms with E-state index in [0.29, 0.717) is 15.9 Å². The van der Waals surface area contributed by atoms with Crippen LogP contribution in [0.1, 0.15) is 4.88 Å². The lowest BCUT2D eigenvalue weighted by molar-refractivity contribution is -0.113. The number of rotatable bonds is 5. The first-order valence-electron chi connectivity index (χ1n) is 7.33. The molecular formula is C18H15ClN2OS2. The summed E-state index contributed by atoms with van der Waals surface area (Å²) in [5, 5.41) is 4.20. The fraction of sp³-hybridized carbons (Fsp3) is 0.111. The van der Waals surface area contributed by atoms with Crippen molar-refractivity contribution in [1.29, 1.82) is 0 Å². The number of nitrogens with zero attached hydrogens (tertiary/aromatic N) is 1. The molecule has 2 aromatic carbocycles. The Morgan fingerprint density at radius 3 is 2.58 bits per heavy atom. The Labute approximate surface area is 154 Å². The van der Waals surface area contributed by atoms with Crippen molar-refractivity contribution >= 4 is 45.7 Å². The molecular weight excluding hydrogens is 360 g/mol. The van der Waals surface area contributed by atoms with Gasteiger partial charge in [-0.15, -0.1) is 23.1 Å². The van der Waals surface area contributed by atoms with Gasteiger partial charge in [-0.3, -0.25) is 4.79 Å². The summed E-state index contributed by atoms with van der Waals surface area (Å²) in [4.78, 5) is 18.8. The van der Waals surface area contributed by atoms with Gasteiger partial charge in [0.2, 0.25) is 5.91 Å². The maximum Gasteiger partial charge on any atom is 0.236 e. The van der Waals surface area contributed by atoms with Gasteiger partial charge in [0.05, 0.1) is 11.4 Å². The monoisotopic (exact) mass is 374 g/mol. The highest BCUT2D eigenvalue weighted by molar-refractivity contribution is 8.00. The number of thiazole rings is 1. The van der Waals surface area contributed by atoms with Gasteiger partial charge in [0.1, 0.15) is 0 Å². The smallest absolute Gasteiger partial charge is 0.236 e. The second-order valence-corrected chi connectivity index (χ2v) is 7.77. The molecule has 6 heteroatoms. The van der Waals surface area contributed by atoms with Crippen LogP contribution in [-0.4, -0.2) is 16.6 Å². The second kappa shape index (κ2) is 7.83. The molecule has 3 rings (SSSR count). The van der Waals surface area contributed by atoms with E-state index >= 15 is 0 Å². The van der Waals surface area contributed by atoms with Crippen LogP contribution >= 0.6 is 34.7 Å². The van der Waals surface area contributed by atoms with Gasteiger partial charge >= 0.3 is 0 Å². The van der Waals surface area contributed by atoms with Crippen molar-refractivity contribution in [2.45, 2.75) is 11.8 Å². The molecule has 0 radical (unpaired) electrons. The van der Waals surface area contributed by atoms with Crippen molar-refractivity contribution in [1.82, 2.24) is 4.98 Å². The number of hydrogen-bond acceptors (Lipinski definition) is 4. The number of aromatic nitrogens is 1. The quantitative estimate of drug-likeness (QED) is 0.599. The van der Waals surface area contributed by atoms with E-state index in [4.69, 9.17) is 11.6 Å². The number of aryl methyl sites for hydroxylation is 1. The molecule has 3 nitrogen and oxygen atoms in total. The Bertz CT molecular complexity index is 832. The summed E-state index contributed by atoms with van der Waals surface area (Å²) in [7, 11) is 0. The minimum absolute atomic E-state index is 0.0664. The molecule has 0 bridgehead atoms. The Morgan fingerprint density at radius 1 is 1.17 bits per heavy atom. The van der Waals surface area contributed by atoms with Crippen molar-refractivity contribution in [2.24, 2.45) is 0 Å². The highest BCUT2D eigenvalue weighted by atomic mass is 35.5. The zero-order chi connectivity index (χ0) is 16.9. The van der Waals surface area contributed by atoms with Gasteiger partial charge in [0, 0.05) is 20.4 Å². The SMILES string of the molecule is Cc1sc(NC(=O)CSc2ccc(Cl)cc2)nc1-c1ccccc1. The molecule has 1 amide bonds. The number of hydrogen-bond donors (Lipinski definition) is 1. The third-order valence-electron chi connectivity index (χ3n) is 3.27. The van der Waals surface area contributed by atoms with Crippen LogP contribution in [0.25, 0.3) is 11.3 Å². The van der Waals surface area contributed by atoms with E-state index in [1.54, 1.807) is 0 Å². The van der Waals surface area contributed by atoms with Crippen molar-refractivity contribution < 1.29 is 4.79 Å². The first kappa shape index (κ1) is 17.0. The molecule has 1 heterocycles. The number of halogens is 1. The zero-order valence-corrected chi connectivity index (χ0v) is 15.3. The summed E-state index contributed by atoms with van der Waals surface area (Å²) in [5.41, 5.74) is 1.98. The Balaban J connectivity index is 1.61. The van der Waals surface area contributed by atoms with E-state index in [1.165, 1.54) is 23.1 Å². The van der Waals surface area contributed by atoms with Gasteiger partial charge in [-0.2, -0.15) is 0 Å². The number of nitrogens with one attached hydrogen (secondary N) is 1. The topological polar surface area (TPSA) is 42.0 Å². The van der Waals surface area contributed by atoms with Crippen molar-refractivity contribution in [3.63, 3.8) is 0 Å². The van der Waals surface area contributed by atoms with Crippen LogP contribution in [0.3, 0.4) is 0 Å². The van der Waals surface area contributed by atoms with E-state index in [9.17, 15) is 4.79 Å². The highest BCUT2D eigenvalue weighted by Gasteiger charge is 2.12. The third kappa shape index (κ3) is 4.38. The molecule has 0 spiro atoms. The minimum atomic E-state index is -0.0664. The lowest BCUT2D eigenvalue weighted by Gasteiger charge is -2.02. The number of amides is 1. The first-order chi connectivity index (χ1) is 11.6. The van der Waals surface area contributed by atoms with Crippen molar-refractivity contribution in [3.05, 3.63) is 64.5 Å². The van der Waals surface area contributed by atoms with Crippen LogP contribution in [0.4, 0.5) is 5.13 Å². The number of benzene rings is 2. The fourth-order valence-electron chi connectivity index (χ4n) is 2.15. The van der Waals surface area contributed by atoms with Crippen LogP contribution in [0.2, 0.25) is 5.02 Å². The van der Waals surface area contributed by atoms with Crippen LogP contribution in [-0.2, 0) is 4.79 Å². The lowest BCUT2D eigenvalue weighted by atomic mass is 10.1. The fourth-order valence-corrected chi connectivity index (χ4v) is 3.83. The van der Waals surface area contributed by atoms with Crippen LogP contribution < -0.4 is 5.32 Å². The summed E-state index contributed by atoms with van der Waals surface area (Å²) in [5.74, 6) is 0.268. The number of carbonyl (C=O) groups is 1. The van der Waals surface area contributed by atoms with E-state index in [0.717, 1.165) is 21.0 Å². The van der Waals surface area contributed by atoms with Gasteiger partial charge in [-0.05, 0) is 31.2 Å². The number of thioether (sulfide) groups is 1. The summed E-state index contributed by atoms with van der Waals surface area (Å²) in [6.45, 7) is 2.01. The van der Waals surface area contributed by atoms with E-state index in [1.807, 2.05) is 61.5 Å². The summed E-state index contributed by atoms with van der Waals surface area (Å²) in [6, 6.07) is 17.4. The van der Waals surface area contributed by atoms with Crippen LogP contribution in [0, 0.1) is 6.92 Å². The molecule has 0 aliphatic heterocycles. The molecule has 0 saturated carbocycles. The summed E-state index contributed by atoms with van der Waals surface area (Å²) >= 11 is 8.82. The Morgan fingerprint density at radius 2 is 1.88 bits per heavy atom. The van der Waals surface area contributed by atoms with Gasteiger partial charge in [-0.1, -0.05) is 41.9 Å². The van der Waals surface area contributed by atoms with Gasteiger partial charge in [0.15, 0.2) is 5.13 Å². The average molecular weight is 375 g/mol. The standard InChI is InChI=1S/C18H15ClN2OS2/c1-12-17(13-5-3-2-4-6-13)21-18(24-12)20-16(22)11-23-15-9-7-14(19)8-10-15/h2-10H,11H2,1H3,(H,20,21,22). The van der Waals surface area contributed by atoms with E-state index < -0.39 is 0 Å².